The first kappa shape index (κ1) is 16.7. The Kier molecular flexibility index (Phi) is 5.07. The van der Waals surface area contributed by atoms with Crippen molar-refractivity contribution in [2.75, 3.05) is 42.3 Å². The van der Waals surface area contributed by atoms with E-state index < -0.39 is 6.09 Å². The minimum absolute atomic E-state index is 0.344. The van der Waals surface area contributed by atoms with E-state index in [0.29, 0.717) is 24.6 Å². The van der Waals surface area contributed by atoms with Crippen molar-refractivity contribution in [3.05, 3.63) is 53.6 Å². The van der Waals surface area contributed by atoms with Gasteiger partial charge in [0.05, 0.1) is 35.8 Å². The number of nitrogen functional groups attached to an aromatic ring is 1. The molecular weight excluding hydrogens is 318 g/mol. The Morgan fingerprint density at radius 1 is 1.16 bits per heavy atom. The van der Waals surface area contributed by atoms with E-state index in [1.807, 2.05) is 30.3 Å². The summed E-state index contributed by atoms with van der Waals surface area (Å²) in [7, 11) is 0. The summed E-state index contributed by atoms with van der Waals surface area (Å²) in [6.07, 6.45) is -1.15. The van der Waals surface area contributed by atoms with Gasteiger partial charge in [0.25, 0.3) is 0 Å². The molecule has 1 aliphatic rings. The SMILES string of the molecule is Nc1cc(C#Cc2ccccc2)c(N2CCOCC2)cc1NC(=O)O. The third-order valence-electron chi connectivity index (χ3n) is 3.88. The van der Waals surface area contributed by atoms with E-state index in [-0.39, 0.29) is 0 Å². The fraction of sp³-hybridized carbons (Fsp3) is 0.211. The number of nitrogens with two attached hydrogens (primary N) is 1. The predicted molar refractivity (Wildman–Crippen MR) is 98.0 cm³/mol. The molecule has 0 unspecified atom stereocenters. The highest BCUT2D eigenvalue weighted by Gasteiger charge is 2.17. The fourth-order valence-corrected chi connectivity index (χ4v) is 2.66. The largest absolute Gasteiger partial charge is 0.465 e. The summed E-state index contributed by atoms with van der Waals surface area (Å²) < 4.78 is 5.40. The van der Waals surface area contributed by atoms with Gasteiger partial charge in [-0.1, -0.05) is 30.0 Å². The highest BCUT2D eigenvalue weighted by Crippen LogP contribution is 2.30. The van der Waals surface area contributed by atoms with Gasteiger partial charge in [0, 0.05) is 18.7 Å². The lowest BCUT2D eigenvalue weighted by Crippen LogP contribution is -2.36. The van der Waals surface area contributed by atoms with Gasteiger partial charge in [0.2, 0.25) is 0 Å². The van der Waals surface area contributed by atoms with Crippen LogP contribution in [0.3, 0.4) is 0 Å². The van der Waals surface area contributed by atoms with Crippen LogP contribution in [-0.4, -0.2) is 37.5 Å². The maximum Gasteiger partial charge on any atom is 0.409 e. The van der Waals surface area contributed by atoms with Gasteiger partial charge in [0.1, 0.15) is 0 Å². The average molecular weight is 337 g/mol. The van der Waals surface area contributed by atoms with Crippen molar-refractivity contribution >= 4 is 23.2 Å². The quantitative estimate of drug-likeness (QED) is 0.579. The molecule has 1 saturated heterocycles. The molecule has 25 heavy (non-hydrogen) atoms. The summed E-state index contributed by atoms with van der Waals surface area (Å²) in [5.41, 5.74) is 9.22. The van der Waals surface area contributed by atoms with Crippen molar-refractivity contribution < 1.29 is 14.6 Å². The van der Waals surface area contributed by atoms with Crippen LogP contribution in [0.5, 0.6) is 0 Å². The highest BCUT2D eigenvalue weighted by molar-refractivity contribution is 5.90. The van der Waals surface area contributed by atoms with Crippen molar-refractivity contribution in [2.45, 2.75) is 0 Å². The van der Waals surface area contributed by atoms with Gasteiger partial charge >= 0.3 is 6.09 Å². The van der Waals surface area contributed by atoms with Crippen LogP contribution in [0.1, 0.15) is 11.1 Å². The topological polar surface area (TPSA) is 87.8 Å². The van der Waals surface area contributed by atoms with E-state index in [4.69, 9.17) is 15.6 Å². The van der Waals surface area contributed by atoms with Gasteiger partial charge < -0.3 is 20.5 Å². The van der Waals surface area contributed by atoms with Crippen molar-refractivity contribution in [1.82, 2.24) is 0 Å². The number of amides is 1. The van der Waals surface area contributed by atoms with Crippen LogP contribution in [0.15, 0.2) is 42.5 Å². The summed E-state index contributed by atoms with van der Waals surface area (Å²) in [4.78, 5) is 13.1. The zero-order chi connectivity index (χ0) is 17.6. The lowest BCUT2D eigenvalue weighted by atomic mass is 10.1. The number of morpholine rings is 1. The van der Waals surface area contributed by atoms with Gasteiger partial charge in [-0.3, -0.25) is 5.32 Å². The van der Waals surface area contributed by atoms with Crippen LogP contribution in [0.4, 0.5) is 21.9 Å². The second kappa shape index (κ2) is 7.60. The third-order valence-corrected chi connectivity index (χ3v) is 3.88. The Labute approximate surface area is 146 Å². The lowest BCUT2D eigenvalue weighted by Gasteiger charge is -2.30. The standard InChI is InChI=1S/C19H19N3O3/c20-16-12-15(7-6-14-4-2-1-3-5-14)18(13-17(16)21-19(23)24)22-8-10-25-11-9-22/h1-5,12-13,21H,8-11,20H2,(H,23,24). The predicted octanol–water partition coefficient (Wildman–Crippen LogP) is 2.60. The average Bonchev–Trinajstić information content (AvgIpc) is 2.63. The van der Waals surface area contributed by atoms with Crippen LogP contribution in [0.25, 0.3) is 0 Å². The molecule has 0 bridgehead atoms. The first-order valence-corrected chi connectivity index (χ1v) is 7.97. The number of hydrogen-bond donors (Lipinski definition) is 3. The smallest absolute Gasteiger partial charge is 0.409 e. The normalized spacial score (nSPS) is 13.7. The van der Waals surface area contributed by atoms with E-state index in [9.17, 15) is 4.79 Å². The first-order chi connectivity index (χ1) is 12.1. The molecule has 1 amide bonds. The van der Waals surface area contributed by atoms with Gasteiger partial charge in [-0.05, 0) is 24.3 Å². The molecule has 0 atom stereocenters. The number of benzene rings is 2. The monoisotopic (exact) mass is 337 g/mol. The summed E-state index contributed by atoms with van der Waals surface area (Å²) >= 11 is 0. The van der Waals surface area contributed by atoms with Gasteiger partial charge in [0.15, 0.2) is 0 Å². The molecular formula is C19H19N3O3. The maximum absolute atomic E-state index is 11.0. The Bertz CT molecular complexity index is 819. The summed E-state index contributed by atoms with van der Waals surface area (Å²) in [5.74, 6) is 6.29. The number of anilines is 3. The van der Waals surface area contributed by atoms with Crippen molar-refractivity contribution in [3.8, 4) is 11.8 Å². The molecule has 0 aromatic heterocycles. The van der Waals surface area contributed by atoms with Crippen LogP contribution in [0, 0.1) is 11.8 Å². The van der Waals surface area contributed by atoms with Crippen molar-refractivity contribution in [3.63, 3.8) is 0 Å². The molecule has 0 saturated carbocycles. The molecule has 6 heteroatoms. The lowest BCUT2D eigenvalue weighted by molar-refractivity contribution is 0.122. The number of carboxylic acid groups (broad SMARTS) is 1. The van der Waals surface area contributed by atoms with E-state index in [1.165, 1.54) is 0 Å². The Balaban J connectivity index is 2.01. The molecule has 6 nitrogen and oxygen atoms in total. The molecule has 1 fully saturated rings. The molecule has 0 radical (unpaired) electrons. The Morgan fingerprint density at radius 3 is 2.56 bits per heavy atom. The number of nitrogens with zero attached hydrogens (tertiary/aromatic N) is 1. The summed E-state index contributed by atoms with van der Waals surface area (Å²) in [6.45, 7) is 2.68. The summed E-state index contributed by atoms with van der Waals surface area (Å²) in [6, 6.07) is 13.1. The van der Waals surface area contributed by atoms with Crippen LogP contribution < -0.4 is 16.0 Å². The molecule has 0 spiro atoms. The fourth-order valence-electron chi connectivity index (χ4n) is 2.66. The second-order valence-electron chi connectivity index (χ2n) is 5.60. The molecule has 0 aliphatic carbocycles. The number of carbonyl (C=O) groups is 1. The minimum atomic E-state index is -1.15. The molecule has 2 aromatic rings. The van der Waals surface area contributed by atoms with Crippen molar-refractivity contribution in [2.24, 2.45) is 0 Å². The molecule has 1 heterocycles. The molecule has 4 N–H and O–H groups in total. The Hall–Kier alpha value is -3.17. The highest BCUT2D eigenvalue weighted by atomic mass is 16.5. The number of hydrogen-bond acceptors (Lipinski definition) is 4. The number of rotatable bonds is 2. The van der Waals surface area contributed by atoms with Gasteiger partial charge in [-0.2, -0.15) is 0 Å². The van der Waals surface area contributed by atoms with Gasteiger partial charge in [-0.25, -0.2) is 4.79 Å². The van der Waals surface area contributed by atoms with Gasteiger partial charge in [-0.15, -0.1) is 0 Å². The number of nitrogens with one attached hydrogen (secondary N) is 1. The maximum atomic E-state index is 11.0. The first-order valence-electron chi connectivity index (χ1n) is 7.97. The third kappa shape index (κ3) is 4.22. The minimum Gasteiger partial charge on any atom is -0.465 e. The molecule has 2 aromatic carbocycles. The van der Waals surface area contributed by atoms with E-state index >= 15 is 0 Å². The molecule has 1 aliphatic heterocycles. The van der Waals surface area contributed by atoms with Crippen LogP contribution >= 0.6 is 0 Å². The second-order valence-corrected chi connectivity index (χ2v) is 5.60. The van der Waals surface area contributed by atoms with Crippen LogP contribution in [0.2, 0.25) is 0 Å². The van der Waals surface area contributed by atoms with E-state index in [1.54, 1.807) is 12.1 Å². The van der Waals surface area contributed by atoms with Crippen molar-refractivity contribution in [1.29, 1.82) is 0 Å². The number of ether oxygens (including phenoxy) is 1. The summed E-state index contributed by atoms with van der Waals surface area (Å²) in [5, 5.41) is 11.3. The van der Waals surface area contributed by atoms with Crippen LogP contribution in [-0.2, 0) is 4.74 Å². The molecule has 128 valence electrons. The molecule has 3 rings (SSSR count). The van der Waals surface area contributed by atoms with E-state index in [0.717, 1.165) is 29.9 Å². The van der Waals surface area contributed by atoms with E-state index in [2.05, 4.69) is 22.1 Å². The zero-order valence-corrected chi connectivity index (χ0v) is 13.7. The Morgan fingerprint density at radius 2 is 1.88 bits per heavy atom. The zero-order valence-electron chi connectivity index (χ0n) is 13.7.